The number of aliphatic imine (C=N–C) groups is 1. The highest BCUT2D eigenvalue weighted by molar-refractivity contribution is 5.91. The molecule has 1 unspecified atom stereocenters. The monoisotopic (exact) mass is 394 g/mol. The van der Waals surface area contributed by atoms with Crippen LogP contribution in [0.1, 0.15) is 60.9 Å². The van der Waals surface area contributed by atoms with Crippen molar-refractivity contribution in [1.29, 1.82) is 0 Å². The highest BCUT2D eigenvalue weighted by atomic mass is 15.0. The number of nitrogens with one attached hydrogen (secondary N) is 1. The van der Waals surface area contributed by atoms with E-state index in [1.165, 1.54) is 52.9 Å². The first kappa shape index (κ1) is 20.2. The van der Waals surface area contributed by atoms with E-state index in [-0.39, 0.29) is 6.04 Å². The predicted molar refractivity (Wildman–Crippen MR) is 129 cm³/mol. The van der Waals surface area contributed by atoms with E-state index in [0.717, 1.165) is 13.0 Å². The van der Waals surface area contributed by atoms with Crippen molar-refractivity contribution in [3.05, 3.63) is 107 Å². The summed E-state index contributed by atoms with van der Waals surface area (Å²) in [6, 6.07) is 30.4. The molecule has 0 bridgehead atoms. The maximum absolute atomic E-state index is 4.71. The SMILES string of the molecule is CC(NC1=NCCCCC1)c1ccc(C=C(c2ccccc2)c2ccccc2)cc1. The van der Waals surface area contributed by atoms with Crippen LogP contribution in [0.15, 0.2) is 89.9 Å². The molecular formula is C28H30N2. The normalized spacial score (nSPS) is 14.9. The van der Waals surface area contributed by atoms with Crippen molar-refractivity contribution >= 4 is 17.5 Å². The summed E-state index contributed by atoms with van der Waals surface area (Å²) in [5.41, 5.74) is 6.20. The van der Waals surface area contributed by atoms with E-state index in [0.29, 0.717) is 0 Å². The number of hydrogen-bond acceptors (Lipinski definition) is 2. The standard InChI is InChI=1S/C28H30N2/c1-22(30-28-15-9-4-10-20-29-28)24-18-16-23(17-19-24)21-27(25-11-5-2-6-12-25)26-13-7-3-8-14-26/h2-3,5-8,11-14,16-19,21-22H,4,9-10,15,20H2,1H3,(H,29,30). The van der Waals surface area contributed by atoms with Crippen LogP contribution in [0, 0.1) is 0 Å². The van der Waals surface area contributed by atoms with Crippen LogP contribution < -0.4 is 5.32 Å². The molecule has 0 saturated heterocycles. The molecule has 1 heterocycles. The number of rotatable bonds is 5. The van der Waals surface area contributed by atoms with Crippen molar-refractivity contribution in [3.8, 4) is 0 Å². The van der Waals surface area contributed by atoms with Crippen LogP contribution in [-0.2, 0) is 0 Å². The van der Waals surface area contributed by atoms with Crippen molar-refractivity contribution < 1.29 is 0 Å². The second-order valence-corrected chi connectivity index (χ2v) is 7.96. The first-order valence-electron chi connectivity index (χ1n) is 11.0. The van der Waals surface area contributed by atoms with E-state index in [9.17, 15) is 0 Å². The van der Waals surface area contributed by atoms with Gasteiger partial charge in [-0.15, -0.1) is 0 Å². The Balaban J connectivity index is 1.55. The van der Waals surface area contributed by atoms with E-state index in [2.05, 4.69) is 103 Å². The predicted octanol–water partition coefficient (Wildman–Crippen LogP) is 6.90. The van der Waals surface area contributed by atoms with Gasteiger partial charge in [0, 0.05) is 19.0 Å². The van der Waals surface area contributed by atoms with Crippen LogP contribution in [0.25, 0.3) is 11.6 Å². The first-order valence-corrected chi connectivity index (χ1v) is 11.0. The Morgan fingerprint density at radius 2 is 1.43 bits per heavy atom. The lowest BCUT2D eigenvalue weighted by atomic mass is 9.95. The fraction of sp³-hybridized carbons (Fsp3) is 0.250. The molecular weight excluding hydrogens is 364 g/mol. The summed E-state index contributed by atoms with van der Waals surface area (Å²) in [5.74, 6) is 1.17. The quantitative estimate of drug-likeness (QED) is 0.468. The van der Waals surface area contributed by atoms with Gasteiger partial charge in [-0.2, -0.15) is 0 Å². The largest absolute Gasteiger partial charge is 0.367 e. The Morgan fingerprint density at radius 1 is 0.800 bits per heavy atom. The van der Waals surface area contributed by atoms with Gasteiger partial charge in [-0.05, 0) is 53.7 Å². The van der Waals surface area contributed by atoms with Gasteiger partial charge in [-0.1, -0.05) is 91.3 Å². The molecule has 2 nitrogen and oxygen atoms in total. The van der Waals surface area contributed by atoms with E-state index in [4.69, 9.17) is 4.99 Å². The Hall–Kier alpha value is -3.13. The molecule has 0 saturated carbocycles. The summed E-state index contributed by atoms with van der Waals surface area (Å²) in [5, 5.41) is 3.62. The maximum atomic E-state index is 4.71. The highest BCUT2D eigenvalue weighted by Gasteiger charge is 2.10. The molecule has 1 N–H and O–H groups in total. The molecule has 1 aliphatic rings. The zero-order valence-corrected chi connectivity index (χ0v) is 17.7. The molecule has 0 amide bonds. The summed E-state index contributed by atoms with van der Waals surface area (Å²) in [7, 11) is 0. The molecule has 1 atom stereocenters. The van der Waals surface area contributed by atoms with Gasteiger partial charge in [-0.3, -0.25) is 4.99 Å². The van der Waals surface area contributed by atoms with Crippen LogP contribution in [-0.4, -0.2) is 12.4 Å². The number of benzene rings is 3. The van der Waals surface area contributed by atoms with E-state index in [1.807, 2.05) is 0 Å². The fourth-order valence-corrected chi connectivity index (χ4v) is 3.94. The van der Waals surface area contributed by atoms with Gasteiger partial charge in [0.05, 0.1) is 5.84 Å². The van der Waals surface area contributed by atoms with Crippen molar-refractivity contribution in [2.75, 3.05) is 6.54 Å². The lowest BCUT2D eigenvalue weighted by Gasteiger charge is -2.17. The Kier molecular flexibility index (Phi) is 6.76. The molecule has 2 heteroatoms. The van der Waals surface area contributed by atoms with Gasteiger partial charge >= 0.3 is 0 Å². The molecule has 1 aliphatic heterocycles. The van der Waals surface area contributed by atoms with Crippen molar-refractivity contribution in [2.24, 2.45) is 4.99 Å². The summed E-state index contributed by atoms with van der Waals surface area (Å²) >= 11 is 0. The third kappa shape index (κ3) is 5.27. The van der Waals surface area contributed by atoms with Crippen LogP contribution in [0.5, 0.6) is 0 Å². The first-order chi connectivity index (χ1) is 14.8. The van der Waals surface area contributed by atoms with Gasteiger partial charge in [0.2, 0.25) is 0 Å². The van der Waals surface area contributed by atoms with Crippen molar-refractivity contribution in [3.63, 3.8) is 0 Å². The minimum absolute atomic E-state index is 0.266. The number of hydrogen-bond donors (Lipinski definition) is 1. The molecule has 0 aliphatic carbocycles. The Labute approximate surface area is 180 Å². The summed E-state index contributed by atoms with van der Waals surface area (Å²) in [6.07, 6.45) is 7.09. The molecule has 3 aromatic carbocycles. The van der Waals surface area contributed by atoms with Gasteiger partial charge in [0.25, 0.3) is 0 Å². The Morgan fingerprint density at radius 3 is 2.07 bits per heavy atom. The molecule has 0 spiro atoms. The zero-order valence-electron chi connectivity index (χ0n) is 17.7. The molecule has 4 rings (SSSR count). The van der Waals surface area contributed by atoms with Crippen LogP contribution in [0.3, 0.4) is 0 Å². The van der Waals surface area contributed by atoms with E-state index >= 15 is 0 Å². The second-order valence-electron chi connectivity index (χ2n) is 7.96. The number of nitrogens with zero attached hydrogens (tertiary/aromatic N) is 1. The molecule has 3 aromatic rings. The molecule has 30 heavy (non-hydrogen) atoms. The summed E-state index contributed by atoms with van der Waals surface area (Å²) < 4.78 is 0. The zero-order chi connectivity index (χ0) is 20.6. The van der Waals surface area contributed by atoms with Crippen molar-refractivity contribution in [2.45, 2.75) is 38.6 Å². The van der Waals surface area contributed by atoms with Crippen LogP contribution in [0.4, 0.5) is 0 Å². The van der Waals surface area contributed by atoms with Gasteiger partial charge < -0.3 is 5.32 Å². The maximum Gasteiger partial charge on any atom is 0.0967 e. The minimum atomic E-state index is 0.266. The third-order valence-corrected chi connectivity index (χ3v) is 5.67. The fourth-order valence-electron chi connectivity index (χ4n) is 3.94. The topological polar surface area (TPSA) is 24.4 Å². The number of amidine groups is 1. The molecule has 0 aromatic heterocycles. The average molecular weight is 395 g/mol. The molecule has 152 valence electrons. The van der Waals surface area contributed by atoms with Gasteiger partial charge in [-0.25, -0.2) is 0 Å². The summed E-state index contributed by atoms with van der Waals surface area (Å²) in [6.45, 7) is 3.18. The highest BCUT2D eigenvalue weighted by Crippen LogP contribution is 2.26. The minimum Gasteiger partial charge on any atom is -0.367 e. The summed E-state index contributed by atoms with van der Waals surface area (Å²) in [4.78, 5) is 4.71. The molecule has 0 radical (unpaired) electrons. The van der Waals surface area contributed by atoms with Crippen molar-refractivity contribution in [1.82, 2.24) is 5.32 Å². The smallest absolute Gasteiger partial charge is 0.0967 e. The van der Waals surface area contributed by atoms with E-state index < -0.39 is 0 Å². The third-order valence-electron chi connectivity index (χ3n) is 5.67. The lowest BCUT2D eigenvalue weighted by molar-refractivity contribution is 0.693. The van der Waals surface area contributed by atoms with Gasteiger partial charge in [0.15, 0.2) is 0 Å². The molecule has 0 fully saturated rings. The van der Waals surface area contributed by atoms with Crippen LogP contribution in [0.2, 0.25) is 0 Å². The lowest BCUT2D eigenvalue weighted by Crippen LogP contribution is -2.26. The second kappa shape index (κ2) is 10.1. The average Bonchev–Trinajstić information content (AvgIpc) is 3.08. The Bertz CT molecular complexity index is 944. The van der Waals surface area contributed by atoms with Gasteiger partial charge in [0.1, 0.15) is 0 Å². The van der Waals surface area contributed by atoms with Crippen LogP contribution >= 0.6 is 0 Å². The van der Waals surface area contributed by atoms with E-state index in [1.54, 1.807) is 0 Å².